The molecule has 0 aromatic rings. The summed E-state index contributed by atoms with van der Waals surface area (Å²) in [6.45, 7) is 1.56. The molecule has 0 aromatic carbocycles. The standard InChI is InChI=1S/C10H17NO4.ClH/c1-11-4-2-10(3-5-11,6-8(12)13)7-9(14)15;/h2-7H2,1H3,(H,12,13)(H,14,15);1H. The molecule has 1 heterocycles. The van der Waals surface area contributed by atoms with Crippen LogP contribution >= 0.6 is 12.4 Å². The highest BCUT2D eigenvalue weighted by Crippen LogP contribution is 2.38. The van der Waals surface area contributed by atoms with Crippen molar-refractivity contribution in [2.45, 2.75) is 25.7 Å². The van der Waals surface area contributed by atoms with E-state index >= 15 is 0 Å². The molecule has 16 heavy (non-hydrogen) atoms. The van der Waals surface area contributed by atoms with Crippen molar-refractivity contribution in [1.29, 1.82) is 0 Å². The van der Waals surface area contributed by atoms with Crippen LogP contribution in [0.5, 0.6) is 0 Å². The van der Waals surface area contributed by atoms with Gasteiger partial charge < -0.3 is 15.1 Å². The van der Waals surface area contributed by atoms with Crippen LogP contribution in [0.4, 0.5) is 0 Å². The van der Waals surface area contributed by atoms with Crippen molar-refractivity contribution in [2.75, 3.05) is 20.1 Å². The smallest absolute Gasteiger partial charge is 0.303 e. The monoisotopic (exact) mass is 251 g/mol. The minimum atomic E-state index is -0.902. The van der Waals surface area contributed by atoms with Crippen molar-refractivity contribution in [3.8, 4) is 0 Å². The van der Waals surface area contributed by atoms with E-state index in [-0.39, 0.29) is 25.2 Å². The molecule has 0 saturated carbocycles. The van der Waals surface area contributed by atoms with Gasteiger partial charge >= 0.3 is 11.9 Å². The van der Waals surface area contributed by atoms with Crippen molar-refractivity contribution in [1.82, 2.24) is 4.90 Å². The normalized spacial score (nSPS) is 19.8. The van der Waals surface area contributed by atoms with Crippen LogP contribution in [0.2, 0.25) is 0 Å². The maximum atomic E-state index is 10.7. The van der Waals surface area contributed by atoms with E-state index in [1.807, 2.05) is 7.05 Å². The molecule has 0 bridgehead atoms. The first-order valence-electron chi connectivity index (χ1n) is 5.06. The molecule has 0 amide bonds. The molecular formula is C10H18ClNO4. The van der Waals surface area contributed by atoms with Crippen LogP contribution in [-0.4, -0.2) is 47.2 Å². The third-order valence-electron chi connectivity index (χ3n) is 3.10. The summed E-state index contributed by atoms with van der Waals surface area (Å²) >= 11 is 0. The Labute approximate surface area is 101 Å². The van der Waals surface area contributed by atoms with E-state index in [9.17, 15) is 9.59 Å². The second-order valence-corrected chi connectivity index (χ2v) is 4.44. The fraction of sp³-hybridized carbons (Fsp3) is 0.800. The lowest BCUT2D eigenvalue weighted by atomic mass is 9.73. The van der Waals surface area contributed by atoms with E-state index in [0.29, 0.717) is 12.8 Å². The van der Waals surface area contributed by atoms with Crippen LogP contribution in [0, 0.1) is 5.41 Å². The van der Waals surface area contributed by atoms with Crippen LogP contribution in [-0.2, 0) is 9.59 Å². The lowest BCUT2D eigenvalue weighted by molar-refractivity contribution is -0.145. The van der Waals surface area contributed by atoms with Gasteiger partial charge in [-0.1, -0.05) is 0 Å². The molecule has 0 unspecified atom stereocenters. The molecule has 1 aliphatic rings. The number of likely N-dealkylation sites (tertiary alicyclic amines) is 1. The van der Waals surface area contributed by atoms with Crippen molar-refractivity contribution in [3.63, 3.8) is 0 Å². The Morgan fingerprint density at radius 2 is 1.50 bits per heavy atom. The van der Waals surface area contributed by atoms with E-state index in [0.717, 1.165) is 13.1 Å². The number of aliphatic carboxylic acids is 2. The number of carboxylic acids is 2. The van der Waals surface area contributed by atoms with Gasteiger partial charge in [0.25, 0.3) is 0 Å². The molecule has 1 fully saturated rings. The number of halogens is 1. The minimum absolute atomic E-state index is 0. The van der Waals surface area contributed by atoms with Gasteiger partial charge in [0.15, 0.2) is 0 Å². The van der Waals surface area contributed by atoms with E-state index in [2.05, 4.69) is 4.90 Å². The number of carboxylic acid groups (broad SMARTS) is 2. The van der Waals surface area contributed by atoms with Crippen molar-refractivity contribution < 1.29 is 19.8 Å². The van der Waals surface area contributed by atoms with Gasteiger partial charge in [-0.2, -0.15) is 0 Å². The summed E-state index contributed by atoms with van der Waals surface area (Å²) in [6, 6.07) is 0. The second kappa shape index (κ2) is 6.06. The number of hydrogen-bond acceptors (Lipinski definition) is 3. The summed E-state index contributed by atoms with van der Waals surface area (Å²) in [5.41, 5.74) is -0.538. The molecule has 2 N–H and O–H groups in total. The third-order valence-corrected chi connectivity index (χ3v) is 3.10. The zero-order valence-electron chi connectivity index (χ0n) is 9.31. The van der Waals surface area contributed by atoms with Crippen LogP contribution in [0.15, 0.2) is 0 Å². The highest BCUT2D eigenvalue weighted by molar-refractivity contribution is 5.85. The van der Waals surface area contributed by atoms with Gasteiger partial charge in [0, 0.05) is 0 Å². The van der Waals surface area contributed by atoms with Gasteiger partial charge in [-0.3, -0.25) is 9.59 Å². The summed E-state index contributed by atoms with van der Waals surface area (Å²) in [4.78, 5) is 23.6. The van der Waals surface area contributed by atoms with Gasteiger partial charge in [0.2, 0.25) is 0 Å². The highest BCUT2D eigenvalue weighted by atomic mass is 35.5. The second-order valence-electron chi connectivity index (χ2n) is 4.44. The van der Waals surface area contributed by atoms with Crippen LogP contribution in [0.3, 0.4) is 0 Å². The van der Waals surface area contributed by atoms with E-state index < -0.39 is 17.4 Å². The SMILES string of the molecule is CN1CCC(CC(=O)O)(CC(=O)O)CC1.Cl. The van der Waals surface area contributed by atoms with E-state index in [1.165, 1.54) is 0 Å². The summed E-state index contributed by atoms with van der Waals surface area (Å²) < 4.78 is 0. The summed E-state index contributed by atoms with van der Waals surface area (Å²) in [6.07, 6.45) is 1.24. The van der Waals surface area contributed by atoms with Gasteiger partial charge in [-0.15, -0.1) is 12.4 Å². The van der Waals surface area contributed by atoms with Crippen LogP contribution in [0.25, 0.3) is 0 Å². The molecule has 0 aromatic heterocycles. The summed E-state index contributed by atoms with van der Waals surface area (Å²) in [5.74, 6) is -1.80. The number of hydrogen-bond donors (Lipinski definition) is 2. The molecule has 0 spiro atoms. The first-order valence-corrected chi connectivity index (χ1v) is 5.06. The zero-order valence-corrected chi connectivity index (χ0v) is 10.1. The molecule has 0 atom stereocenters. The van der Waals surface area contributed by atoms with Crippen LogP contribution < -0.4 is 0 Å². The number of carbonyl (C=O) groups is 2. The maximum absolute atomic E-state index is 10.7. The van der Waals surface area contributed by atoms with Gasteiger partial charge in [-0.25, -0.2) is 0 Å². The van der Waals surface area contributed by atoms with E-state index in [1.54, 1.807) is 0 Å². The Morgan fingerprint density at radius 1 is 1.12 bits per heavy atom. The summed E-state index contributed by atoms with van der Waals surface area (Å²) in [5, 5.41) is 17.6. The first-order chi connectivity index (χ1) is 6.93. The number of nitrogens with zero attached hydrogens (tertiary/aromatic N) is 1. The average molecular weight is 252 g/mol. The Morgan fingerprint density at radius 3 is 1.81 bits per heavy atom. The van der Waals surface area contributed by atoms with Crippen molar-refractivity contribution in [2.24, 2.45) is 5.41 Å². The fourth-order valence-electron chi connectivity index (χ4n) is 2.15. The third kappa shape index (κ3) is 4.37. The Balaban J connectivity index is 0.00000225. The average Bonchev–Trinajstić information content (AvgIpc) is 2.08. The molecular weight excluding hydrogens is 234 g/mol. The quantitative estimate of drug-likeness (QED) is 0.782. The van der Waals surface area contributed by atoms with Gasteiger partial charge in [0.1, 0.15) is 0 Å². The molecule has 5 nitrogen and oxygen atoms in total. The molecule has 6 heteroatoms. The highest BCUT2D eigenvalue weighted by Gasteiger charge is 2.37. The van der Waals surface area contributed by atoms with Crippen LogP contribution in [0.1, 0.15) is 25.7 Å². The predicted molar refractivity (Wildman–Crippen MR) is 60.9 cm³/mol. The van der Waals surface area contributed by atoms with Crippen molar-refractivity contribution in [3.05, 3.63) is 0 Å². The molecule has 1 rings (SSSR count). The molecule has 0 aliphatic carbocycles. The topological polar surface area (TPSA) is 77.8 Å². The molecule has 1 saturated heterocycles. The predicted octanol–water partition coefficient (Wildman–Crippen LogP) is 1.07. The molecule has 0 radical (unpaired) electrons. The maximum Gasteiger partial charge on any atom is 0.303 e. The Hall–Kier alpha value is -0.810. The summed E-state index contributed by atoms with van der Waals surface area (Å²) in [7, 11) is 1.96. The largest absolute Gasteiger partial charge is 0.481 e. The first kappa shape index (κ1) is 15.2. The Bertz CT molecular complexity index is 244. The molecule has 94 valence electrons. The Kier molecular flexibility index (Phi) is 5.75. The lowest BCUT2D eigenvalue weighted by Crippen LogP contribution is -2.40. The molecule has 1 aliphatic heterocycles. The van der Waals surface area contributed by atoms with E-state index in [4.69, 9.17) is 10.2 Å². The van der Waals surface area contributed by atoms with Crippen molar-refractivity contribution >= 4 is 24.3 Å². The zero-order chi connectivity index (χ0) is 11.5. The van der Waals surface area contributed by atoms with Gasteiger partial charge in [0.05, 0.1) is 12.8 Å². The number of piperidine rings is 1. The minimum Gasteiger partial charge on any atom is -0.481 e. The number of rotatable bonds is 4. The lowest BCUT2D eigenvalue weighted by Gasteiger charge is -2.38. The van der Waals surface area contributed by atoms with Gasteiger partial charge in [-0.05, 0) is 38.4 Å². The fourth-order valence-corrected chi connectivity index (χ4v) is 2.15.